The maximum absolute atomic E-state index is 13.9. The molecule has 3 aromatic rings. The Labute approximate surface area is 158 Å². The molecule has 5 nitrogen and oxygen atoms in total. The van der Waals surface area contributed by atoms with Crippen molar-refractivity contribution in [1.82, 2.24) is 15.2 Å². The maximum Gasteiger partial charge on any atom is 0.414 e. The smallest absolute Gasteiger partial charge is 0.356 e. The van der Waals surface area contributed by atoms with Crippen LogP contribution in [0.2, 0.25) is 0 Å². The van der Waals surface area contributed by atoms with Crippen molar-refractivity contribution in [2.45, 2.75) is 18.6 Å². The third-order valence-electron chi connectivity index (χ3n) is 4.86. The molecular weight excluding hydrogens is 371 g/mol. The summed E-state index contributed by atoms with van der Waals surface area (Å²) in [4.78, 5) is 28.2. The molecule has 1 atom stereocenters. The van der Waals surface area contributed by atoms with Gasteiger partial charge in [0.05, 0.1) is 5.69 Å². The second-order valence-corrected chi connectivity index (χ2v) is 6.58. The summed E-state index contributed by atoms with van der Waals surface area (Å²) in [7, 11) is 0. The standard InChI is InChI=1S/C20H16F3N3O2/c21-20(22,23)17-16-14(13-8-4-5-9-15(13)24-16)10-11-26(17)19(28)25-18(27)12-6-2-1-3-7-12/h1-9,17,24H,10-11H2,(H,25,27,28)/t17-/m0/s1. The van der Waals surface area contributed by atoms with E-state index >= 15 is 0 Å². The Morgan fingerprint density at radius 3 is 2.43 bits per heavy atom. The quantitative estimate of drug-likeness (QED) is 0.658. The summed E-state index contributed by atoms with van der Waals surface area (Å²) in [5.41, 5.74) is 1.28. The number of carbonyl (C=O) groups is 2. The van der Waals surface area contributed by atoms with Gasteiger partial charge in [0.15, 0.2) is 6.04 Å². The molecule has 1 aromatic heterocycles. The first kappa shape index (κ1) is 18.1. The fourth-order valence-electron chi connectivity index (χ4n) is 3.63. The second kappa shape index (κ2) is 6.70. The summed E-state index contributed by atoms with van der Waals surface area (Å²) >= 11 is 0. The van der Waals surface area contributed by atoms with Crippen molar-refractivity contribution < 1.29 is 22.8 Å². The van der Waals surface area contributed by atoms with Crippen molar-refractivity contribution in [3.63, 3.8) is 0 Å². The van der Waals surface area contributed by atoms with Crippen molar-refractivity contribution in [1.29, 1.82) is 0 Å². The fraction of sp³-hybridized carbons (Fsp3) is 0.200. The number of urea groups is 1. The molecule has 0 bridgehead atoms. The lowest BCUT2D eigenvalue weighted by atomic mass is 9.97. The molecule has 8 heteroatoms. The van der Waals surface area contributed by atoms with Gasteiger partial charge in [-0.05, 0) is 30.2 Å². The number of nitrogens with one attached hydrogen (secondary N) is 2. The highest BCUT2D eigenvalue weighted by atomic mass is 19.4. The summed E-state index contributed by atoms with van der Waals surface area (Å²) in [6.45, 7) is -0.146. The summed E-state index contributed by atoms with van der Waals surface area (Å²) in [5.74, 6) is -0.742. The molecule has 0 saturated heterocycles. The van der Waals surface area contributed by atoms with Crippen molar-refractivity contribution >= 4 is 22.8 Å². The van der Waals surface area contributed by atoms with Gasteiger partial charge in [-0.1, -0.05) is 36.4 Å². The summed E-state index contributed by atoms with van der Waals surface area (Å²) in [6.07, 6.45) is -4.43. The highest BCUT2D eigenvalue weighted by molar-refractivity contribution is 6.04. The predicted octanol–water partition coefficient (Wildman–Crippen LogP) is 4.18. The molecule has 4 rings (SSSR count). The van der Waals surface area contributed by atoms with Crippen LogP contribution in [0.15, 0.2) is 54.6 Å². The number of benzene rings is 2. The molecule has 0 unspecified atom stereocenters. The number of aromatic amines is 1. The van der Waals surface area contributed by atoms with Crippen LogP contribution in [0.4, 0.5) is 18.0 Å². The van der Waals surface area contributed by atoms with Gasteiger partial charge in [0.25, 0.3) is 5.91 Å². The SMILES string of the molecule is O=C(NC(=O)N1CCc2c([nH]c3ccccc23)[C@H]1C(F)(F)F)c1ccccc1. The number of amides is 3. The number of H-pyrrole nitrogens is 1. The molecule has 0 aliphatic carbocycles. The number of rotatable bonds is 1. The van der Waals surface area contributed by atoms with Crippen molar-refractivity contribution in [2.24, 2.45) is 0 Å². The van der Waals surface area contributed by atoms with Crippen molar-refractivity contribution in [3.05, 3.63) is 71.4 Å². The van der Waals surface area contributed by atoms with E-state index < -0.39 is 24.2 Å². The number of halogens is 3. The minimum absolute atomic E-state index is 0.0535. The molecule has 2 heterocycles. The van der Waals surface area contributed by atoms with E-state index in [0.717, 1.165) is 0 Å². The average molecular weight is 387 g/mol. The normalized spacial score (nSPS) is 16.7. The molecule has 2 N–H and O–H groups in total. The fourth-order valence-corrected chi connectivity index (χ4v) is 3.63. The second-order valence-electron chi connectivity index (χ2n) is 6.58. The van der Waals surface area contributed by atoms with E-state index in [0.29, 0.717) is 21.4 Å². The van der Waals surface area contributed by atoms with Gasteiger partial charge < -0.3 is 9.88 Å². The maximum atomic E-state index is 13.9. The van der Waals surface area contributed by atoms with Crippen LogP contribution in [0.5, 0.6) is 0 Å². The minimum Gasteiger partial charge on any atom is -0.356 e. The Morgan fingerprint density at radius 2 is 1.71 bits per heavy atom. The Morgan fingerprint density at radius 1 is 1.04 bits per heavy atom. The molecule has 28 heavy (non-hydrogen) atoms. The van der Waals surface area contributed by atoms with E-state index in [2.05, 4.69) is 10.3 Å². The predicted molar refractivity (Wildman–Crippen MR) is 96.8 cm³/mol. The highest BCUT2D eigenvalue weighted by Gasteiger charge is 2.50. The van der Waals surface area contributed by atoms with E-state index in [1.165, 1.54) is 12.1 Å². The van der Waals surface area contributed by atoms with E-state index in [1.54, 1.807) is 42.5 Å². The van der Waals surface area contributed by atoms with Crippen LogP contribution in [-0.4, -0.2) is 34.5 Å². The van der Waals surface area contributed by atoms with Crippen LogP contribution in [0.1, 0.15) is 27.7 Å². The monoisotopic (exact) mass is 387 g/mol. The van der Waals surface area contributed by atoms with Crippen LogP contribution in [-0.2, 0) is 6.42 Å². The summed E-state index contributed by atoms with van der Waals surface area (Å²) < 4.78 is 41.7. The Hall–Kier alpha value is -3.29. The van der Waals surface area contributed by atoms with Crippen LogP contribution in [0.25, 0.3) is 10.9 Å². The van der Waals surface area contributed by atoms with Crippen LogP contribution in [0.3, 0.4) is 0 Å². The zero-order valence-corrected chi connectivity index (χ0v) is 14.6. The number of para-hydroxylation sites is 1. The number of nitrogens with zero attached hydrogens (tertiary/aromatic N) is 1. The number of fused-ring (bicyclic) bond motifs is 3. The summed E-state index contributed by atoms with van der Waals surface area (Å²) in [6, 6.07) is 11.6. The first-order valence-electron chi connectivity index (χ1n) is 8.69. The number of alkyl halides is 3. The summed E-state index contributed by atoms with van der Waals surface area (Å²) in [5, 5.41) is 2.78. The first-order valence-corrected chi connectivity index (χ1v) is 8.69. The molecule has 0 fully saturated rings. The van der Waals surface area contributed by atoms with Crippen molar-refractivity contribution in [3.8, 4) is 0 Å². The Balaban J connectivity index is 1.67. The van der Waals surface area contributed by atoms with E-state index in [1.807, 2.05) is 0 Å². The van der Waals surface area contributed by atoms with Gasteiger partial charge in [-0.25, -0.2) is 4.79 Å². The lowest BCUT2D eigenvalue weighted by Crippen LogP contribution is -2.51. The van der Waals surface area contributed by atoms with Crippen LogP contribution < -0.4 is 5.32 Å². The third kappa shape index (κ3) is 3.11. The number of hydrogen-bond donors (Lipinski definition) is 2. The van der Waals surface area contributed by atoms with Gasteiger partial charge >= 0.3 is 12.2 Å². The highest BCUT2D eigenvalue weighted by Crippen LogP contribution is 2.43. The molecule has 0 saturated carbocycles. The van der Waals surface area contributed by atoms with Gasteiger partial charge in [-0.2, -0.15) is 13.2 Å². The van der Waals surface area contributed by atoms with Gasteiger partial charge in [-0.3, -0.25) is 10.1 Å². The number of imide groups is 1. The van der Waals surface area contributed by atoms with E-state index in [4.69, 9.17) is 0 Å². The Kier molecular flexibility index (Phi) is 4.33. The number of aromatic nitrogens is 1. The number of hydrogen-bond acceptors (Lipinski definition) is 2. The molecule has 0 radical (unpaired) electrons. The molecular formula is C20H16F3N3O2. The molecule has 2 aromatic carbocycles. The van der Waals surface area contributed by atoms with E-state index in [9.17, 15) is 22.8 Å². The first-order chi connectivity index (χ1) is 13.4. The topological polar surface area (TPSA) is 65.2 Å². The van der Waals surface area contributed by atoms with Gasteiger partial charge in [0, 0.05) is 23.0 Å². The average Bonchev–Trinajstić information content (AvgIpc) is 3.05. The van der Waals surface area contributed by atoms with Crippen molar-refractivity contribution in [2.75, 3.05) is 6.54 Å². The molecule has 1 aliphatic heterocycles. The zero-order chi connectivity index (χ0) is 19.9. The van der Waals surface area contributed by atoms with E-state index in [-0.39, 0.29) is 24.2 Å². The van der Waals surface area contributed by atoms with Gasteiger partial charge in [0.1, 0.15) is 0 Å². The molecule has 3 amide bonds. The van der Waals surface area contributed by atoms with Crippen LogP contribution in [0, 0.1) is 0 Å². The van der Waals surface area contributed by atoms with Gasteiger partial charge in [0.2, 0.25) is 0 Å². The lowest BCUT2D eigenvalue weighted by Gasteiger charge is -2.36. The molecule has 0 spiro atoms. The minimum atomic E-state index is -4.69. The van der Waals surface area contributed by atoms with Crippen LogP contribution >= 0.6 is 0 Å². The zero-order valence-electron chi connectivity index (χ0n) is 14.6. The molecule has 1 aliphatic rings. The Bertz CT molecular complexity index is 1040. The molecule has 144 valence electrons. The third-order valence-corrected chi connectivity index (χ3v) is 4.86. The largest absolute Gasteiger partial charge is 0.414 e. The lowest BCUT2D eigenvalue weighted by molar-refractivity contribution is -0.181. The van der Waals surface area contributed by atoms with Gasteiger partial charge in [-0.15, -0.1) is 0 Å². The number of carbonyl (C=O) groups excluding carboxylic acids is 2.